The second-order valence-corrected chi connectivity index (χ2v) is 6.79. The maximum Gasteiger partial charge on any atom is 0.410 e. The summed E-state index contributed by atoms with van der Waals surface area (Å²) in [4.78, 5) is 27.3. The van der Waals surface area contributed by atoms with Gasteiger partial charge in [-0.25, -0.2) is 9.59 Å². The number of carboxylic acid groups (broad SMARTS) is 1. The third kappa shape index (κ3) is 4.15. The van der Waals surface area contributed by atoms with Crippen LogP contribution in [0.25, 0.3) is 0 Å². The molecule has 0 spiro atoms. The standard InChI is InChI=1S/C17H24N2O4/c1-12-11-18(16(22)23-17(2,3)4)9-10-19(12)14-8-6-5-7-13(14)15(20)21/h5-8,12H,9-11H2,1-4H3,(H,20,21)/t12-/m0/s1. The first-order valence-electron chi connectivity index (χ1n) is 7.76. The molecule has 2 rings (SSSR count). The number of hydrogen-bond donors (Lipinski definition) is 1. The van der Waals surface area contributed by atoms with Gasteiger partial charge in [-0.1, -0.05) is 12.1 Å². The molecule has 0 saturated carbocycles. The van der Waals surface area contributed by atoms with E-state index in [0.29, 0.717) is 25.3 Å². The molecule has 1 N–H and O–H groups in total. The molecule has 6 nitrogen and oxygen atoms in total. The summed E-state index contributed by atoms with van der Waals surface area (Å²) in [5.41, 5.74) is 0.453. The summed E-state index contributed by atoms with van der Waals surface area (Å²) in [5, 5.41) is 9.34. The Morgan fingerprint density at radius 3 is 2.43 bits per heavy atom. The molecular formula is C17H24N2O4. The Hall–Kier alpha value is -2.24. The molecule has 126 valence electrons. The highest BCUT2D eigenvalue weighted by Gasteiger charge is 2.31. The molecule has 0 aliphatic carbocycles. The Balaban J connectivity index is 2.11. The summed E-state index contributed by atoms with van der Waals surface area (Å²) in [6.07, 6.45) is -0.324. The van der Waals surface area contributed by atoms with Gasteiger partial charge in [0.25, 0.3) is 0 Å². The van der Waals surface area contributed by atoms with Crippen molar-refractivity contribution in [3.63, 3.8) is 0 Å². The van der Waals surface area contributed by atoms with Crippen LogP contribution in [0.3, 0.4) is 0 Å². The molecule has 1 amide bonds. The van der Waals surface area contributed by atoms with Crippen LogP contribution in [0.4, 0.5) is 10.5 Å². The summed E-state index contributed by atoms with van der Waals surface area (Å²) in [6, 6.07) is 6.97. The van der Waals surface area contributed by atoms with Crippen molar-refractivity contribution in [1.29, 1.82) is 0 Å². The van der Waals surface area contributed by atoms with E-state index in [1.165, 1.54) is 0 Å². The number of anilines is 1. The molecule has 0 radical (unpaired) electrons. The Kier molecular flexibility index (Phi) is 4.82. The lowest BCUT2D eigenvalue weighted by Crippen LogP contribution is -2.54. The lowest BCUT2D eigenvalue weighted by molar-refractivity contribution is 0.0218. The molecule has 1 aliphatic rings. The quantitative estimate of drug-likeness (QED) is 0.907. The van der Waals surface area contributed by atoms with Crippen LogP contribution in [0.1, 0.15) is 38.1 Å². The zero-order valence-corrected chi connectivity index (χ0v) is 14.1. The van der Waals surface area contributed by atoms with Gasteiger partial charge in [0.2, 0.25) is 0 Å². The fourth-order valence-corrected chi connectivity index (χ4v) is 2.71. The first kappa shape index (κ1) is 17.1. The van der Waals surface area contributed by atoms with Crippen LogP contribution in [0.2, 0.25) is 0 Å². The van der Waals surface area contributed by atoms with E-state index in [0.717, 1.165) is 0 Å². The van der Waals surface area contributed by atoms with Crippen LogP contribution in [0, 0.1) is 0 Å². The lowest BCUT2D eigenvalue weighted by Gasteiger charge is -2.41. The maximum atomic E-state index is 12.2. The number of piperazine rings is 1. The smallest absolute Gasteiger partial charge is 0.410 e. The molecule has 23 heavy (non-hydrogen) atoms. The van der Waals surface area contributed by atoms with Crippen LogP contribution in [0.15, 0.2) is 24.3 Å². The highest BCUT2D eigenvalue weighted by molar-refractivity contribution is 5.94. The van der Waals surface area contributed by atoms with Crippen molar-refractivity contribution in [2.24, 2.45) is 0 Å². The van der Waals surface area contributed by atoms with Crippen molar-refractivity contribution in [2.75, 3.05) is 24.5 Å². The minimum atomic E-state index is -0.942. The van der Waals surface area contributed by atoms with Gasteiger partial charge in [0.15, 0.2) is 0 Å². The van der Waals surface area contributed by atoms with Gasteiger partial charge < -0.3 is 19.6 Å². The molecule has 1 atom stereocenters. The van der Waals surface area contributed by atoms with E-state index in [2.05, 4.69) is 0 Å². The third-order valence-electron chi connectivity index (χ3n) is 3.72. The fourth-order valence-electron chi connectivity index (χ4n) is 2.71. The van der Waals surface area contributed by atoms with E-state index in [4.69, 9.17) is 4.74 Å². The van der Waals surface area contributed by atoms with E-state index in [1.807, 2.05) is 44.7 Å². The highest BCUT2D eigenvalue weighted by atomic mass is 16.6. The maximum absolute atomic E-state index is 12.2. The van der Waals surface area contributed by atoms with E-state index in [-0.39, 0.29) is 17.7 Å². The molecular weight excluding hydrogens is 296 g/mol. The molecule has 6 heteroatoms. The van der Waals surface area contributed by atoms with Gasteiger partial charge in [0.05, 0.1) is 11.3 Å². The number of benzene rings is 1. The van der Waals surface area contributed by atoms with E-state index in [9.17, 15) is 14.7 Å². The first-order valence-corrected chi connectivity index (χ1v) is 7.76. The van der Waals surface area contributed by atoms with Gasteiger partial charge in [0, 0.05) is 25.7 Å². The second kappa shape index (κ2) is 6.48. The van der Waals surface area contributed by atoms with Crippen molar-refractivity contribution in [3.05, 3.63) is 29.8 Å². The summed E-state index contributed by atoms with van der Waals surface area (Å²) < 4.78 is 5.40. The molecule has 1 aliphatic heterocycles. The van der Waals surface area contributed by atoms with Gasteiger partial charge >= 0.3 is 12.1 Å². The Labute approximate surface area is 136 Å². The van der Waals surface area contributed by atoms with Gasteiger partial charge in [-0.05, 0) is 39.8 Å². The van der Waals surface area contributed by atoms with Crippen molar-refractivity contribution in [2.45, 2.75) is 39.3 Å². The van der Waals surface area contributed by atoms with Gasteiger partial charge in [-0.3, -0.25) is 0 Å². The number of aromatic carboxylic acids is 1. The number of nitrogens with zero attached hydrogens (tertiary/aromatic N) is 2. The molecule has 0 bridgehead atoms. The van der Waals surface area contributed by atoms with E-state index in [1.54, 1.807) is 17.0 Å². The number of amides is 1. The molecule has 0 unspecified atom stereocenters. The number of carboxylic acids is 1. The zero-order chi connectivity index (χ0) is 17.2. The van der Waals surface area contributed by atoms with Crippen LogP contribution in [0.5, 0.6) is 0 Å². The number of ether oxygens (including phenoxy) is 1. The van der Waals surface area contributed by atoms with Crippen LogP contribution in [-0.4, -0.2) is 53.3 Å². The topological polar surface area (TPSA) is 70.1 Å². The fraction of sp³-hybridized carbons (Fsp3) is 0.529. The first-order chi connectivity index (χ1) is 10.7. The van der Waals surface area contributed by atoms with Gasteiger partial charge in [-0.15, -0.1) is 0 Å². The van der Waals surface area contributed by atoms with Crippen molar-refractivity contribution in [3.8, 4) is 0 Å². The van der Waals surface area contributed by atoms with Gasteiger partial charge in [0.1, 0.15) is 5.60 Å². The normalized spacial score (nSPS) is 18.7. The average molecular weight is 320 g/mol. The number of carbonyl (C=O) groups excluding carboxylic acids is 1. The molecule has 1 aromatic carbocycles. The van der Waals surface area contributed by atoms with Crippen LogP contribution < -0.4 is 4.90 Å². The molecule has 0 aromatic heterocycles. The molecule has 1 saturated heterocycles. The van der Waals surface area contributed by atoms with Crippen LogP contribution >= 0.6 is 0 Å². The number of hydrogen-bond acceptors (Lipinski definition) is 4. The lowest BCUT2D eigenvalue weighted by atomic mass is 10.1. The van der Waals surface area contributed by atoms with Crippen LogP contribution in [-0.2, 0) is 4.74 Å². The van der Waals surface area contributed by atoms with Crippen molar-refractivity contribution in [1.82, 2.24) is 4.90 Å². The minimum Gasteiger partial charge on any atom is -0.478 e. The zero-order valence-electron chi connectivity index (χ0n) is 14.1. The Bertz CT molecular complexity index is 595. The number of rotatable bonds is 2. The Morgan fingerprint density at radius 2 is 1.87 bits per heavy atom. The molecule has 1 aromatic rings. The average Bonchev–Trinajstić information content (AvgIpc) is 2.45. The predicted octanol–water partition coefficient (Wildman–Crippen LogP) is 2.83. The minimum absolute atomic E-state index is 0.0109. The van der Waals surface area contributed by atoms with Crippen molar-refractivity contribution >= 4 is 17.7 Å². The SMILES string of the molecule is C[C@H]1CN(C(=O)OC(C)(C)C)CCN1c1ccccc1C(=O)O. The third-order valence-corrected chi connectivity index (χ3v) is 3.72. The van der Waals surface area contributed by atoms with E-state index < -0.39 is 11.6 Å². The van der Waals surface area contributed by atoms with E-state index >= 15 is 0 Å². The molecule has 1 fully saturated rings. The highest BCUT2D eigenvalue weighted by Crippen LogP contribution is 2.25. The predicted molar refractivity (Wildman–Crippen MR) is 88.0 cm³/mol. The van der Waals surface area contributed by atoms with Crippen molar-refractivity contribution < 1.29 is 19.4 Å². The summed E-state index contributed by atoms with van der Waals surface area (Å²) in [7, 11) is 0. The summed E-state index contributed by atoms with van der Waals surface area (Å²) >= 11 is 0. The summed E-state index contributed by atoms with van der Waals surface area (Å²) in [5.74, 6) is -0.942. The Morgan fingerprint density at radius 1 is 1.22 bits per heavy atom. The molecule has 1 heterocycles. The second-order valence-electron chi connectivity index (χ2n) is 6.79. The van der Waals surface area contributed by atoms with Gasteiger partial charge in [-0.2, -0.15) is 0 Å². The number of para-hydroxylation sites is 1. The number of carbonyl (C=O) groups is 2. The largest absolute Gasteiger partial charge is 0.478 e. The summed E-state index contributed by atoms with van der Waals surface area (Å²) in [6.45, 7) is 9.09. The monoisotopic (exact) mass is 320 g/mol.